The quantitative estimate of drug-likeness (QED) is 0.0682. The maximum atomic E-state index is 5.78. The maximum Gasteiger partial charge on any atom is 0.119 e. The first-order chi connectivity index (χ1) is 22.4. The van der Waals surface area contributed by atoms with Gasteiger partial charge in [0.05, 0.1) is 85.9 Å². The number of rotatable bonds is 37. The first-order valence-corrected chi connectivity index (χ1v) is 18.1. The fourth-order valence-electron chi connectivity index (χ4n) is 4.66. The van der Waals surface area contributed by atoms with Crippen LogP contribution in [0.4, 0.5) is 0 Å². The molecule has 0 heterocycles. The van der Waals surface area contributed by atoms with Gasteiger partial charge in [-0.3, -0.25) is 0 Å². The van der Waals surface area contributed by atoms with E-state index < -0.39 is 0 Å². The predicted octanol–water partition coefficient (Wildman–Crippen LogP) is 7.84. The lowest BCUT2D eigenvalue weighted by molar-refractivity contribution is -0.0213. The second-order valence-corrected chi connectivity index (χ2v) is 11.4. The number of ether oxygens (including phenoxy) is 8. The van der Waals surface area contributed by atoms with Crippen molar-refractivity contribution in [3.63, 3.8) is 0 Å². The summed E-state index contributed by atoms with van der Waals surface area (Å²) in [6.07, 6.45) is 18.3. The molecule has 0 bridgehead atoms. The van der Waals surface area contributed by atoms with Crippen molar-refractivity contribution in [2.45, 2.75) is 104 Å². The van der Waals surface area contributed by atoms with Crippen LogP contribution in [0.5, 0.6) is 5.75 Å². The van der Waals surface area contributed by atoms with Crippen LogP contribution in [0.2, 0.25) is 0 Å². The number of unbranched alkanes of at least 4 members (excludes halogenated alkanes) is 11. The lowest BCUT2D eigenvalue weighted by Crippen LogP contribution is -2.15. The van der Waals surface area contributed by atoms with Crippen LogP contribution in [-0.4, -0.2) is 99.1 Å². The molecule has 0 unspecified atom stereocenters. The van der Waals surface area contributed by atoms with Gasteiger partial charge in [0.1, 0.15) is 12.4 Å². The summed E-state index contributed by atoms with van der Waals surface area (Å²) in [6.45, 7) is 13.2. The molecular formula is C37H68O8. The van der Waals surface area contributed by atoms with Crippen molar-refractivity contribution >= 4 is 0 Å². The second kappa shape index (κ2) is 35.6. The summed E-state index contributed by atoms with van der Waals surface area (Å²) in [4.78, 5) is 0. The Morgan fingerprint density at radius 3 is 1.09 bits per heavy atom. The van der Waals surface area contributed by atoms with Crippen LogP contribution >= 0.6 is 0 Å². The molecule has 0 saturated heterocycles. The lowest BCUT2D eigenvalue weighted by atomic mass is 10.0. The van der Waals surface area contributed by atoms with Gasteiger partial charge in [-0.25, -0.2) is 0 Å². The van der Waals surface area contributed by atoms with Crippen molar-refractivity contribution in [1.82, 2.24) is 0 Å². The molecule has 0 atom stereocenters. The molecule has 0 saturated carbocycles. The molecule has 0 aliphatic heterocycles. The third-order valence-electron chi connectivity index (χ3n) is 7.36. The van der Waals surface area contributed by atoms with Crippen LogP contribution in [0.15, 0.2) is 24.3 Å². The fraction of sp³-hybridized carbons (Fsp3) is 0.838. The molecule has 1 aromatic carbocycles. The average Bonchev–Trinajstić information content (AvgIpc) is 3.06. The van der Waals surface area contributed by atoms with Crippen LogP contribution < -0.4 is 4.74 Å². The molecule has 0 amide bonds. The zero-order chi connectivity index (χ0) is 32.1. The van der Waals surface area contributed by atoms with Gasteiger partial charge in [0.25, 0.3) is 0 Å². The molecule has 264 valence electrons. The van der Waals surface area contributed by atoms with Gasteiger partial charge in [-0.1, -0.05) is 96.6 Å². The van der Waals surface area contributed by atoms with E-state index in [1.807, 2.05) is 0 Å². The first kappa shape index (κ1) is 41.8. The van der Waals surface area contributed by atoms with E-state index in [4.69, 9.17) is 37.9 Å². The van der Waals surface area contributed by atoms with Crippen LogP contribution in [-0.2, 0) is 39.6 Å². The minimum atomic E-state index is 0.536. The third-order valence-corrected chi connectivity index (χ3v) is 7.36. The summed E-state index contributed by atoms with van der Waals surface area (Å²) >= 11 is 0. The third kappa shape index (κ3) is 31.1. The molecule has 1 aromatic rings. The molecule has 8 nitrogen and oxygen atoms in total. The molecule has 1 rings (SSSR count). The van der Waals surface area contributed by atoms with E-state index in [0.29, 0.717) is 92.5 Å². The minimum Gasteiger partial charge on any atom is -0.491 e. The Balaban J connectivity index is 1.72. The topological polar surface area (TPSA) is 73.8 Å². The number of benzene rings is 1. The largest absolute Gasteiger partial charge is 0.491 e. The monoisotopic (exact) mass is 640 g/mol. The first-order valence-electron chi connectivity index (χ1n) is 18.1. The van der Waals surface area contributed by atoms with Crippen LogP contribution in [0, 0.1) is 0 Å². The van der Waals surface area contributed by atoms with Crippen molar-refractivity contribution in [1.29, 1.82) is 0 Å². The van der Waals surface area contributed by atoms with Gasteiger partial charge in [0.2, 0.25) is 0 Å². The van der Waals surface area contributed by atoms with E-state index in [1.165, 1.54) is 82.6 Å². The predicted molar refractivity (Wildman–Crippen MR) is 183 cm³/mol. The Morgan fingerprint density at radius 1 is 0.333 bits per heavy atom. The highest BCUT2D eigenvalue weighted by atomic mass is 16.6. The van der Waals surface area contributed by atoms with E-state index in [2.05, 4.69) is 38.1 Å². The Hall–Kier alpha value is -1.26. The Morgan fingerprint density at radius 2 is 0.667 bits per heavy atom. The van der Waals surface area contributed by atoms with E-state index in [-0.39, 0.29) is 0 Å². The SMILES string of the molecule is CCCCCCCCCc1ccc(OCCOCCOCCOCCOCCOCCOCCOCCCCCCCC)cc1. The molecule has 0 aliphatic carbocycles. The molecule has 0 radical (unpaired) electrons. The van der Waals surface area contributed by atoms with Gasteiger partial charge in [0, 0.05) is 6.61 Å². The highest BCUT2D eigenvalue weighted by Crippen LogP contribution is 2.15. The van der Waals surface area contributed by atoms with Crippen molar-refractivity contribution in [3.8, 4) is 5.75 Å². The van der Waals surface area contributed by atoms with Crippen LogP contribution in [0.1, 0.15) is 103 Å². The summed E-state index contributed by atoms with van der Waals surface area (Å²) in [5, 5.41) is 0. The highest BCUT2D eigenvalue weighted by Gasteiger charge is 1.99. The van der Waals surface area contributed by atoms with Crippen LogP contribution in [0.3, 0.4) is 0 Å². The van der Waals surface area contributed by atoms with Gasteiger partial charge >= 0.3 is 0 Å². The molecule has 8 heteroatoms. The zero-order valence-corrected chi connectivity index (χ0v) is 29.1. The Kier molecular flexibility index (Phi) is 33.0. The molecule has 0 aliphatic rings. The standard InChI is InChI=1S/C37H68O8/c1-3-5-7-9-11-12-14-16-36-17-19-37(20-18-36)45-35-34-44-33-32-43-31-30-42-29-28-41-27-26-40-25-24-39-23-22-38-21-15-13-10-8-6-4-2/h17-20H,3-16,21-35H2,1-2H3. The summed E-state index contributed by atoms with van der Waals surface area (Å²) < 4.78 is 44.6. The summed E-state index contributed by atoms with van der Waals surface area (Å²) in [6, 6.07) is 8.48. The van der Waals surface area contributed by atoms with Gasteiger partial charge in [-0.05, 0) is 37.0 Å². The van der Waals surface area contributed by atoms with Gasteiger partial charge in [-0.2, -0.15) is 0 Å². The lowest BCUT2D eigenvalue weighted by Gasteiger charge is -2.09. The second-order valence-electron chi connectivity index (χ2n) is 11.4. The van der Waals surface area contributed by atoms with E-state index in [9.17, 15) is 0 Å². The van der Waals surface area contributed by atoms with E-state index in [1.54, 1.807) is 0 Å². The summed E-state index contributed by atoms with van der Waals surface area (Å²) in [7, 11) is 0. The number of aryl methyl sites for hydroxylation is 1. The number of hydrogen-bond acceptors (Lipinski definition) is 8. The fourth-order valence-corrected chi connectivity index (χ4v) is 4.66. The van der Waals surface area contributed by atoms with Crippen molar-refractivity contribution in [2.75, 3.05) is 99.1 Å². The Labute approximate surface area is 276 Å². The van der Waals surface area contributed by atoms with Crippen molar-refractivity contribution in [3.05, 3.63) is 29.8 Å². The molecular weight excluding hydrogens is 572 g/mol. The summed E-state index contributed by atoms with van der Waals surface area (Å²) in [5.41, 5.74) is 1.39. The van der Waals surface area contributed by atoms with Gasteiger partial charge < -0.3 is 37.9 Å². The molecule has 45 heavy (non-hydrogen) atoms. The highest BCUT2D eigenvalue weighted by molar-refractivity contribution is 5.27. The molecule has 0 N–H and O–H groups in total. The molecule has 0 spiro atoms. The minimum absolute atomic E-state index is 0.536. The Bertz CT molecular complexity index is 688. The van der Waals surface area contributed by atoms with Gasteiger partial charge in [0.15, 0.2) is 0 Å². The molecule has 0 fully saturated rings. The normalized spacial score (nSPS) is 11.4. The van der Waals surface area contributed by atoms with Crippen molar-refractivity contribution < 1.29 is 37.9 Å². The zero-order valence-electron chi connectivity index (χ0n) is 29.1. The summed E-state index contributed by atoms with van der Waals surface area (Å²) in [5.74, 6) is 0.896. The number of hydrogen-bond donors (Lipinski definition) is 0. The van der Waals surface area contributed by atoms with E-state index in [0.717, 1.165) is 25.2 Å². The van der Waals surface area contributed by atoms with Gasteiger partial charge in [-0.15, -0.1) is 0 Å². The molecule has 0 aromatic heterocycles. The maximum absolute atomic E-state index is 5.78. The smallest absolute Gasteiger partial charge is 0.119 e. The van der Waals surface area contributed by atoms with Crippen LogP contribution in [0.25, 0.3) is 0 Å². The van der Waals surface area contributed by atoms with E-state index >= 15 is 0 Å². The average molecular weight is 641 g/mol. The van der Waals surface area contributed by atoms with Crippen molar-refractivity contribution in [2.24, 2.45) is 0 Å².